The SMILES string of the molecule is O=C(NC12CC(c3nnc(C4CC(OC(F)(F)F)C4)o3)(C1)C2)[C@H]1C[C@@H]2CNC[C@@H]2O1. The number of halogens is 3. The lowest BCUT2D eigenvalue weighted by Gasteiger charge is -2.68. The maximum Gasteiger partial charge on any atom is 0.522 e. The fourth-order valence-electron chi connectivity index (χ4n) is 5.97. The van der Waals surface area contributed by atoms with Crippen molar-refractivity contribution >= 4 is 5.91 Å². The summed E-state index contributed by atoms with van der Waals surface area (Å²) in [5.41, 5.74) is -0.422. The summed E-state index contributed by atoms with van der Waals surface area (Å²) < 4.78 is 52.4. The Balaban J connectivity index is 1.01. The van der Waals surface area contributed by atoms with E-state index in [1.807, 2.05) is 0 Å². The van der Waals surface area contributed by atoms with Gasteiger partial charge in [0.05, 0.1) is 17.6 Å². The number of alkyl halides is 3. The zero-order chi connectivity index (χ0) is 20.7. The molecule has 3 atom stereocenters. The van der Waals surface area contributed by atoms with E-state index in [1.165, 1.54) is 0 Å². The number of hydrogen-bond acceptors (Lipinski definition) is 7. The molecule has 0 spiro atoms. The highest BCUT2D eigenvalue weighted by atomic mass is 19.4. The summed E-state index contributed by atoms with van der Waals surface area (Å²) in [6.07, 6.45) is -2.21. The summed E-state index contributed by atoms with van der Waals surface area (Å²) in [5.74, 6) is 1.12. The molecule has 6 fully saturated rings. The van der Waals surface area contributed by atoms with Crippen LogP contribution >= 0.6 is 0 Å². The van der Waals surface area contributed by atoms with Gasteiger partial charge in [0, 0.05) is 30.5 Å². The average Bonchev–Trinajstić information content (AvgIpc) is 3.26. The van der Waals surface area contributed by atoms with Crippen molar-refractivity contribution in [2.45, 2.75) is 80.1 Å². The summed E-state index contributed by atoms with van der Waals surface area (Å²) in [7, 11) is 0. The molecule has 4 aliphatic carbocycles. The first kappa shape index (κ1) is 19.0. The Morgan fingerprint density at radius 2 is 1.93 bits per heavy atom. The number of fused-ring (bicyclic) bond motifs is 1. The molecule has 11 heteroatoms. The van der Waals surface area contributed by atoms with Crippen molar-refractivity contribution in [2.75, 3.05) is 13.1 Å². The first-order valence-electron chi connectivity index (χ1n) is 10.5. The van der Waals surface area contributed by atoms with Crippen molar-refractivity contribution in [2.24, 2.45) is 5.92 Å². The van der Waals surface area contributed by atoms with Crippen molar-refractivity contribution in [1.29, 1.82) is 0 Å². The smallest absolute Gasteiger partial charge is 0.424 e. The summed E-state index contributed by atoms with van der Waals surface area (Å²) in [6.45, 7) is 1.72. The Hall–Kier alpha value is -1.72. The number of hydrogen-bond donors (Lipinski definition) is 2. The van der Waals surface area contributed by atoms with Gasteiger partial charge in [0.25, 0.3) is 0 Å². The molecule has 8 nitrogen and oxygen atoms in total. The van der Waals surface area contributed by atoms with Crippen LogP contribution in [0.15, 0.2) is 4.42 Å². The van der Waals surface area contributed by atoms with Gasteiger partial charge in [0.15, 0.2) is 0 Å². The second kappa shape index (κ2) is 6.17. The largest absolute Gasteiger partial charge is 0.522 e. The van der Waals surface area contributed by atoms with Crippen LogP contribution in [0.4, 0.5) is 13.2 Å². The summed E-state index contributed by atoms with van der Waals surface area (Å²) in [6, 6.07) is 0. The molecule has 30 heavy (non-hydrogen) atoms. The van der Waals surface area contributed by atoms with Crippen molar-refractivity contribution < 1.29 is 31.9 Å². The van der Waals surface area contributed by atoms with Crippen LogP contribution in [0.1, 0.15) is 56.2 Å². The van der Waals surface area contributed by atoms with E-state index >= 15 is 0 Å². The van der Waals surface area contributed by atoms with Gasteiger partial charge in [0.1, 0.15) is 6.10 Å². The van der Waals surface area contributed by atoms with Crippen LogP contribution in [-0.2, 0) is 19.7 Å². The molecule has 4 saturated carbocycles. The first-order chi connectivity index (χ1) is 14.2. The minimum Gasteiger partial charge on any atom is -0.424 e. The van der Waals surface area contributed by atoms with Gasteiger partial charge < -0.3 is 19.8 Å². The zero-order valence-corrected chi connectivity index (χ0v) is 16.2. The van der Waals surface area contributed by atoms with E-state index in [0.29, 0.717) is 17.7 Å². The molecule has 2 saturated heterocycles. The van der Waals surface area contributed by atoms with Crippen LogP contribution in [0.5, 0.6) is 0 Å². The number of carbonyl (C=O) groups excluding carboxylic acids is 1. The Kier molecular flexibility index (Phi) is 3.91. The van der Waals surface area contributed by atoms with Crippen LogP contribution in [0, 0.1) is 5.92 Å². The van der Waals surface area contributed by atoms with Gasteiger partial charge in [-0.2, -0.15) is 0 Å². The molecular weight excluding hydrogens is 405 g/mol. The van der Waals surface area contributed by atoms with Gasteiger partial charge >= 0.3 is 6.36 Å². The Labute approximate surface area is 170 Å². The van der Waals surface area contributed by atoms with Gasteiger partial charge in [0.2, 0.25) is 17.7 Å². The predicted molar refractivity (Wildman–Crippen MR) is 93.2 cm³/mol. The molecule has 6 aliphatic rings. The molecule has 3 heterocycles. The number of nitrogens with zero attached hydrogens (tertiary/aromatic N) is 2. The molecule has 2 aliphatic heterocycles. The summed E-state index contributed by atoms with van der Waals surface area (Å²) in [5, 5.41) is 14.7. The lowest BCUT2D eigenvalue weighted by atomic mass is 9.39. The van der Waals surface area contributed by atoms with E-state index in [1.54, 1.807) is 0 Å². The highest BCUT2D eigenvalue weighted by molar-refractivity contribution is 5.82. The number of carbonyl (C=O) groups is 1. The van der Waals surface area contributed by atoms with E-state index in [0.717, 1.165) is 38.8 Å². The Bertz CT molecular complexity index is 836. The van der Waals surface area contributed by atoms with Crippen molar-refractivity contribution in [3.63, 3.8) is 0 Å². The van der Waals surface area contributed by atoms with E-state index in [4.69, 9.17) is 9.15 Å². The molecule has 164 valence electrons. The molecular formula is C19H23F3N4O4. The third-order valence-electron chi connectivity index (χ3n) is 7.48. The van der Waals surface area contributed by atoms with Gasteiger partial charge in [-0.15, -0.1) is 23.4 Å². The van der Waals surface area contributed by atoms with Crippen LogP contribution < -0.4 is 10.6 Å². The topological polar surface area (TPSA) is 98.5 Å². The molecule has 1 aromatic heterocycles. The second-order valence-electron chi connectivity index (χ2n) is 9.70. The fraction of sp³-hybridized carbons (Fsp3) is 0.842. The van der Waals surface area contributed by atoms with Crippen LogP contribution in [0.3, 0.4) is 0 Å². The number of aromatic nitrogens is 2. The molecule has 0 aromatic carbocycles. The standard InChI is InChI=1S/C19H23F3N4O4/c20-19(21,22)30-11-1-9(2-11)15-25-26-16(29-15)17-6-18(7-17,8-17)24-14(27)12-3-10-4-23-5-13(10)28-12/h9-13,23H,1-8H2,(H,24,27)/t9?,10-,11?,12-,13+,17?,18?/m1/s1. The van der Waals surface area contributed by atoms with E-state index < -0.39 is 12.5 Å². The quantitative estimate of drug-likeness (QED) is 0.734. The summed E-state index contributed by atoms with van der Waals surface area (Å²) >= 11 is 0. The average molecular weight is 428 g/mol. The Morgan fingerprint density at radius 3 is 2.63 bits per heavy atom. The summed E-state index contributed by atoms with van der Waals surface area (Å²) in [4.78, 5) is 12.6. The third kappa shape index (κ3) is 2.96. The highest BCUT2D eigenvalue weighted by Gasteiger charge is 2.72. The zero-order valence-electron chi connectivity index (χ0n) is 16.2. The van der Waals surface area contributed by atoms with Gasteiger partial charge in [-0.05, 0) is 38.5 Å². The molecule has 1 amide bonds. The van der Waals surface area contributed by atoms with Crippen LogP contribution in [-0.4, -0.2) is 59.4 Å². The fourth-order valence-corrected chi connectivity index (χ4v) is 5.97. The number of nitrogens with one attached hydrogen (secondary N) is 2. The monoisotopic (exact) mass is 428 g/mol. The van der Waals surface area contributed by atoms with Crippen LogP contribution in [0.2, 0.25) is 0 Å². The molecule has 0 unspecified atom stereocenters. The van der Waals surface area contributed by atoms with E-state index in [-0.39, 0.29) is 47.8 Å². The van der Waals surface area contributed by atoms with Crippen molar-refractivity contribution in [3.8, 4) is 0 Å². The van der Waals surface area contributed by atoms with E-state index in [2.05, 4.69) is 25.6 Å². The van der Waals surface area contributed by atoms with Crippen molar-refractivity contribution in [3.05, 3.63) is 11.8 Å². The predicted octanol–water partition coefficient (Wildman–Crippen LogP) is 1.52. The number of ether oxygens (including phenoxy) is 2. The maximum absolute atomic E-state index is 12.6. The minimum absolute atomic E-state index is 0.0332. The minimum atomic E-state index is -4.61. The van der Waals surface area contributed by atoms with Crippen LogP contribution in [0.25, 0.3) is 0 Å². The lowest BCUT2D eigenvalue weighted by molar-refractivity contribution is -0.352. The molecule has 1 aromatic rings. The Morgan fingerprint density at radius 1 is 1.17 bits per heavy atom. The van der Waals surface area contributed by atoms with E-state index in [9.17, 15) is 18.0 Å². The van der Waals surface area contributed by atoms with Gasteiger partial charge in [-0.25, -0.2) is 0 Å². The molecule has 2 N–H and O–H groups in total. The number of rotatable bonds is 5. The van der Waals surface area contributed by atoms with Gasteiger partial charge in [-0.3, -0.25) is 9.53 Å². The first-order valence-corrected chi connectivity index (χ1v) is 10.5. The highest BCUT2D eigenvalue weighted by Crippen LogP contribution is 2.67. The number of amides is 1. The van der Waals surface area contributed by atoms with Gasteiger partial charge in [-0.1, -0.05) is 0 Å². The van der Waals surface area contributed by atoms with Crippen molar-refractivity contribution in [1.82, 2.24) is 20.8 Å². The normalized spacial score (nSPS) is 44.0. The molecule has 7 rings (SSSR count). The second-order valence-corrected chi connectivity index (χ2v) is 9.70. The maximum atomic E-state index is 12.6. The molecule has 2 bridgehead atoms. The molecule has 0 radical (unpaired) electrons. The lowest BCUT2D eigenvalue weighted by Crippen LogP contribution is -2.77. The third-order valence-corrected chi connectivity index (χ3v) is 7.48.